The average Bonchev–Trinajstić information content (AvgIpc) is 3.66. The van der Waals surface area contributed by atoms with E-state index >= 15 is 0 Å². The van der Waals surface area contributed by atoms with Crippen LogP contribution < -0.4 is 5.32 Å². The summed E-state index contributed by atoms with van der Waals surface area (Å²) in [7, 11) is 0. The van der Waals surface area contributed by atoms with E-state index in [2.05, 4.69) is 20.2 Å². The van der Waals surface area contributed by atoms with Crippen LogP contribution in [0.2, 0.25) is 5.02 Å². The largest absolute Gasteiger partial charge is 0.379 e. The molecule has 3 aliphatic rings. The van der Waals surface area contributed by atoms with Gasteiger partial charge in [0, 0.05) is 86.5 Å². The summed E-state index contributed by atoms with van der Waals surface area (Å²) in [6.45, 7) is 6.59. The molecule has 2 N–H and O–H groups in total. The van der Waals surface area contributed by atoms with Crippen molar-refractivity contribution in [3.8, 4) is 11.3 Å². The van der Waals surface area contributed by atoms with Gasteiger partial charge in [0.1, 0.15) is 0 Å². The SMILES string of the molecule is O=C(/C=C/CN1CCOCC1)N1CCC(C(=O)N2CC[C@H](Nc3ncc(Cl)c(-c4c[nH]c5ccccc45)n3)C2)CC1. The molecule has 0 bridgehead atoms. The van der Waals surface area contributed by atoms with E-state index in [1.54, 1.807) is 12.3 Å². The summed E-state index contributed by atoms with van der Waals surface area (Å²) in [5.74, 6) is 0.670. The molecule has 0 saturated carbocycles. The van der Waals surface area contributed by atoms with E-state index in [1.165, 1.54) is 0 Å². The van der Waals surface area contributed by atoms with Crippen molar-refractivity contribution in [2.24, 2.45) is 5.92 Å². The topological polar surface area (TPSA) is 107 Å². The number of nitrogens with zero attached hydrogens (tertiary/aromatic N) is 5. The summed E-state index contributed by atoms with van der Waals surface area (Å²) < 4.78 is 5.37. The van der Waals surface area contributed by atoms with Crippen molar-refractivity contribution in [3.63, 3.8) is 0 Å². The number of aromatic amines is 1. The predicted octanol–water partition coefficient (Wildman–Crippen LogP) is 3.42. The molecule has 0 spiro atoms. The fourth-order valence-electron chi connectivity index (χ4n) is 5.95. The number of carbonyl (C=O) groups is 2. The number of morpholine rings is 1. The maximum atomic E-state index is 13.3. The molecule has 2 amide bonds. The third-order valence-electron chi connectivity index (χ3n) is 8.31. The van der Waals surface area contributed by atoms with E-state index in [9.17, 15) is 9.59 Å². The first-order valence-corrected chi connectivity index (χ1v) is 14.8. The number of piperidine rings is 1. The highest BCUT2D eigenvalue weighted by Gasteiger charge is 2.34. The van der Waals surface area contributed by atoms with Crippen LogP contribution in [0.25, 0.3) is 22.2 Å². The maximum Gasteiger partial charge on any atom is 0.246 e. The van der Waals surface area contributed by atoms with Crippen LogP contribution in [-0.4, -0.2) is 107 Å². The molecule has 1 atom stereocenters. The van der Waals surface area contributed by atoms with Crippen LogP contribution in [0.4, 0.5) is 5.95 Å². The Morgan fingerprint density at radius 3 is 2.68 bits per heavy atom. The van der Waals surface area contributed by atoms with Gasteiger partial charge in [-0.1, -0.05) is 35.9 Å². The molecule has 0 aliphatic carbocycles. The second-order valence-corrected chi connectivity index (χ2v) is 11.4. The minimum Gasteiger partial charge on any atom is -0.379 e. The zero-order valence-corrected chi connectivity index (χ0v) is 23.9. The second kappa shape index (κ2) is 12.6. The zero-order chi connectivity index (χ0) is 28.2. The first-order valence-electron chi connectivity index (χ1n) is 14.4. The van der Waals surface area contributed by atoms with Crippen molar-refractivity contribution in [3.05, 3.63) is 53.8 Å². The van der Waals surface area contributed by atoms with Crippen LogP contribution in [0, 0.1) is 5.92 Å². The Morgan fingerprint density at radius 1 is 1.07 bits per heavy atom. The number of para-hydroxylation sites is 1. The number of hydrogen-bond donors (Lipinski definition) is 2. The maximum absolute atomic E-state index is 13.3. The first kappa shape index (κ1) is 27.7. The fourth-order valence-corrected chi connectivity index (χ4v) is 6.14. The number of benzene rings is 1. The number of likely N-dealkylation sites (tertiary alicyclic amines) is 2. The Morgan fingerprint density at radius 2 is 1.85 bits per heavy atom. The van der Waals surface area contributed by atoms with Gasteiger partial charge in [0.25, 0.3) is 0 Å². The summed E-state index contributed by atoms with van der Waals surface area (Å²) in [4.78, 5) is 44.4. The molecule has 10 nitrogen and oxygen atoms in total. The molecule has 6 rings (SSSR count). The molecule has 2 aromatic heterocycles. The number of carbonyl (C=O) groups excluding carboxylic acids is 2. The van der Waals surface area contributed by atoms with Gasteiger partial charge in [-0.25, -0.2) is 9.97 Å². The van der Waals surface area contributed by atoms with E-state index in [0.717, 1.165) is 55.7 Å². The highest BCUT2D eigenvalue weighted by Crippen LogP contribution is 2.32. The monoisotopic (exact) mass is 577 g/mol. The summed E-state index contributed by atoms with van der Waals surface area (Å²) >= 11 is 6.49. The molecule has 3 fully saturated rings. The van der Waals surface area contributed by atoms with E-state index < -0.39 is 0 Å². The molecule has 11 heteroatoms. The lowest BCUT2D eigenvalue weighted by molar-refractivity contribution is -0.138. The van der Waals surface area contributed by atoms with Crippen molar-refractivity contribution >= 4 is 40.3 Å². The van der Waals surface area contributed by atoms with Crippen LogP contribution in [0.5, 0.6) is 0 Å². The molecule has 1 aromatic carbocycles. The van der Waals surface area contributed by atoms with Crippen molar-refractivity contribution in [2.75, 3.05) is 64.3 Å². The van der Waals surface area contributed by atoms with Gasteiger partial charge < -0.3 is 24.8 Å². The van der Waals surface area contributed by atoms with Gasteiger partial charge >= 0.3 is 0 Å². The fraction of sp³-hybridized carbons (Fsp3) is 0.467. The third kappa shape index (κ3) is 6.39. The lowest BCUT2D eigenvalue weighted by atomic mass is 9.95. The standard InChI is InChI=1S/C30H36ClN7O3/c31-25-19-33-30(35-28(25)24-18-32-26-5-2-1-4-23(24)26)34-22-9-13-38(20-22)29(40)21-7-11-37(12-8-21)27(39)6-3-10-36-14-16-41-17-15-36/h1-6,18-19,21-22,32H,7-17,20H2,(H,33,34,35)/b6-3+/t22-/m0/s1. The summed E-state index contributed by atoms with van der Waals surface area (Å²) in [6.07, 6.45) is 9.38. The lowest BCUT2D eigenvalue weighted by Crippen LogP contribution is -2.44. The minimum absolute atomic E-state index is 0.0320. The van der Waals surface area contributed by atoms with Gasteiger partial charge in [-0.15, -0.1) is 0 Å². The van der Waals surface area contributed by atoms with E-state index in [-0.39, 0.29) is 23.8 Å². The number of ether oxygens (including phenoxy) is 1. The molecule has 3 saturated heterocycles. The molecule has 0 unspecified atom stereocenters. The van der Waals surface area contributed by atoms with Crippen LogP contribution in [-0.2, 0) is 14.3 Å². The van der Waals surface area contributed by atoms with Crippen LogP contribution in [0.3, 0.4) is 0 Å². The van der Waals surface area contributed by atoms with Gasteiger partial charge in [-0.05, 0) is 25.3 Å². The number of halogens is 1. The Labute approximate surface area is 244 Å². The van der Waals surface area contributed by atoms with Crippen LogP contribution >= 0.6 is 11.6 Å². The van der Waals surface area contributed by atoms with Gasteiger partial charge in [-0.2, -0.15) is 0 Å². The Bertz CT molecular complexity index is 1410. The number of amides is 2. The number of H-pyrrole nitrogens is 1. The summed E-state index contributed by atoms with van der Waals surface area (Å²) in [5, 5.41) is 4.95. The number of hydrogen-bond acceptors (Lipinski definition) is 7. The third-order valence-corrected chi connectivity index (χ3v) is 8.58. The second-order valence-electron chi connectivity index (χ2n) is 11.0. The zero-order valence-electron chi connectivity index (χ0n) is 23.1. The summed E-state index contributed by atoms with van der Waals surface area (Å²) in [5.41, 5.74) is 2.62. The van der Waals surface area contributed by atoms with E-state index in [4.69, 9.17) is 21.3 Å². The lowest BCUT2D eigenvalue weighted by Gasteiger charge is -2.32. The predicted molar refractivity (Wildman–Crippen MR) is 159 cm³/mol. The average molecular weight is 578 g/mol. The minimum atomic E-state index is -0.0459. The van der Waals surface area contributed by atoms with E-state index in [0.29, 0.717) is 55.7 Å². The van der Waals surface area contributed by atoms with Gasteiger partial charge in [0.2, 0.25) is 17.8 Å². The molecule has 41 heavy (non-hydrogen) atoms. The van der Waals surface area contributed by atoms with Gasteiger partial charge in [0.05, 0.1) is 30.1 Å². The van der Waals surface area contributed by atoms with Crippen molar-refractivity contribution in [2.45, 2.75) is 25.3 Å². The van der Waals surface area contributed by atoms with Crippen molar-refractivity contribution in [1.82, 2.24) is 29.7 Å². The number of fused-ring (bicyclic) bond motifs is 1. The molecule has 5 heterocycles. The Hall–Kier alpha value is -3.47. The number of nitrogens with one attached hydrogen (secondary N) is 2. The van der Waals surface area contributed by atoms with Crippen LogP contribution in [0.1, 0.15) is 19.3 Å². The summed E-state index contributed by atoms with van der Waals surface area (Å²) in [6, 6.07) is 8.10. The number of anilines is 1. The van der Waals surface area contributed by atoms with Crippen molar-refractivity contribution in [1.29, 1.82) is 0 Å². The highest BCUT2D eigenvalue weighted by atomic mass is 35.5. The normalized spacial score (nSPS) is 20.8. The molecule has 3 aromatic rings. The molecule has 216 valence electrons. The number of rotatable bonds is 7. The Balaban J connectivity index is 0.992. The molecule has 3 aliphatic heterocycles. The van der Waals surface area contributed by atoms with E-state index in [1.807, 2.05) is 46.3 Å². The molecular weight excluding hydrogens is 542 g/mol. The highest BCUT2D eigenvalue weighted by molar-refractivity contribution is 6.33. The smallest absolute Gasteiger partial charge is 0.246 e. The number of aromatic nitrogens is 3. The Kier molecular flexibility index (Phi) is 8.50. The van der Waals surface area contributed by atoms with Crippen LogP contribution in [0.15, 0.2) is 48.8 Å². The quantitative estimate of drug-likeness (QED) is 0.414. The van der Waals surface area contributed by atoms with Gasteiger partial charge in [-0.3, -0.25) is 14.5 Å². The molecular formula is C30H36ClN7O3. The van der Waals surface area contributed by atoms with Gasteiger partial charge in [0.15, 0.2) is 0 Å². The molecule has 0 radical (unpaired) electrons. The van der Waals surface area contributed by atoms with Crippen molar-refractivity contribution < 1.29 is 14.3 Å². The first-order chi connectivity index (χ1) is 20.0.